The van der Waals surface area contributed by atoms with Crippen LogP contribution in [0.15, 0.2) is 48.5 Å². The van der Waals surface area contributed by atoms with Crippen LogP contribution in [0.1, 0.15) is 38.4 Å². The van der Waals surface area contributed by atoms with E-state index in [0.29, 0.717) is 11.6 Å². The molecule has 0 aliphatic rings. The predicted octanol–water partition coefficient (Wildman–Crippen LogP) is 4.68. The minimum Gasteiger partial charge on any atom is -0.407 e. The smallest absolute Gasteiger partial charge is 0.309 e. The zero-order chi connectivity index (χ0) is 21.0. The lowest BCUT2D eigenvalue weighted by molar-refractivity contribution is -0.132. The summed E-state index contributed by atoms with van der Waals surface area (Å²) in [5, 5.41) is 7.56. The van der Waals surface area contributed by atoms with Gasteiger partial charge in [-0.1, -0.05) is 43.7 Å². The Bertz CT molecular complexity index is 1040. The van der Waals surface area contributed by atoms with Gasteiger partial charge in [-0.2, -0.15) is 9.78 Å². The molecule has 1 N–H and O–H groups in total. The quantitative estimate of drug-likeness (QED) is 0.619. The van der Waals surface area contributed by atoms with Crippen LogP contribution in [0.25, 0.3) is 16.8 Å². The van der Waals surface area contributed by atoms with Gasteiger partial charge in [-0.3, -0.25) is 9.59 Å². The van der Waals surface area contributed by atoms with Gasteiger partial charge in [0.1, 0.15) is 0 Å². The molecule has 0 radical (unpaired) electrons. The minimum atomic E-state index is -0.404. The fourth-order valence-electron chi connectivity index (χ4n) is 3.27. The summed E-state index contributed by atoms with van der Waals surface area (Å²) in [7, 11) is 0. The van der Waals surface area contributed by atoms with Crippen molar-refractivity contribution in [1.29, 1.82) is 0 Å². The third-order valence-electron chi connectivity index (χ3n) is 4.48. The summed E-state index contributed by atoms with van der Waals surface area (Å²) < 4.78 is 7.36. The number of nitrogens with one attached hydrogen (secondary N) is 1. The number of hydrogen-bond acceptors (Lipinski definition) is 4. The van der Waals surface area contributed by atoms with Crippen LogP contribution < -0.4 is 10.1 Å². The van der Waals surface area contributed by atoms with E-state index < -0.39 is 5.97 Å². The Morgan fingerprint density at radius 3 is 2.34 bits per heavy atom. The fourth-order valence-corrected chi connectivity index (χ4v) is 3.27. The highest BCUT2D eigenvalue weighted by Crippen LogP contribution is 2.37. The highest BCUT2D eigenvalue weighted by atomic mass is 16.5. The first-order chi connectivity index (χ1) is 13.9. The molecule has 1 amide bonds. The van der Waals surface area contributed by atoms with E-state index >= 15 is 0 Å². The molecule has 29 heavy (non-hydrogen) atoms. The first kappa shape index (κ1) is 20.3. The molecular weight excluding hydrogens is 366 g/mol. The topological polar surface area (TPSA) is 73.2 Å². The van der Waals surface area contributed by atoms with Crippen LogP contribution in [-0.4, -0.2) is 21.7 Å². The number of hydrogen-bond donors (Lipinski definition) is 1. The van der Waals surface area contributed by atoms with Gasteiger partial charge in [0, 0.05) is 19.5 Å². The van der Waals surface area contributed by atoms with Gasteiger partial charge >= 0.3 is 5.97 Å². The molecule has 2 aromatic carbocycles. The Hall–Kier alpha value is -3.41. The standard InChI is InChI=1S/C23H25N3O3/c1-5-8-20-22(18-11-13-19(14-12-18)24-16(3)27)23(29-17(4)28)26(25-20)21-10-7-6-9-15(21)2/h6-7,9-14H,5,8H2,1-4H3,(H,24,27). The number of amides is 1. The number of anilines is 1. The monoisotopic (exact) mass is 391 g/mol. The molecule has 0 fully saturated rings. The second-order valence-corrected chi connectivity index (χ2v) is 6.93. The maximum Gasteiger partial charge on any atom is 0.309 e. The second kappa shape index (κ2) is 8.73. The van der Waals surface area contributed by atoms with Crippen molar-refractivity contribution in [3.8, 4) is 22.7 Å². The van der Waals surface area contributed by atoms with Crippen LogP contribution in [-0.2, 0) is 16.0 Å². The van der Waals surface area contributed by atoms with Crippen molar-refractivity contribution in [3.05, 3.63) is 59.8 Å². The number of rotatable bonds is 6. The van der Waals surface area contributed by atoms with Crippen molar-refractivity contribution in [2.24, 2.45) is 0 Å². The summed E-state index contributed by atoms with van der Waals surface area (Å²) in [6.07, 6.45) is 1.65. The summed E-state index contributed by atoms with van der Waals surface area (Å²) in [6.45, 7) is 6.94. The Morgan fingerprint density at radius 2 is 1.76 bits per heavy atom. The van der Waals surface area contributed by atoms with Crippen LogP contribution in [0, 0.1) is 6.92 Å². The molecule has 150 valence electrons. The van der Waals surface area contributed by atoms with Crippen LogP contribution in [0.2, 0.25) is 0 Å². The number of ether oxygens (including phenoxy) is 1. The lowest BCUT2D eigenvalue weighted by Gasteiger charge is -2.11. The summed E-state index contributed by atoms with van der Waals surface area (Å²) in [6, 6.07) is 15.3. The first-order valence-corrected chi connectivity index (χ1v) is 9.65. The van der Waals surface area contributed by atoms with Gasteiger partial charge in [0.25, 0.3) is 0 Å². The van der Waals surface area contributed by atoms with Gasteiger partial charge in [-0.25, -0.2) is 0 Å². The highest BCUT2D eigenvalue weighted by Gasteiger charge is 2.23. The van der Waals surface area contributed by atoms with Crippen LogP contribution >= 0.6 is 0 Å². The van der Waals surface area contributed by atoms with Crippen molar-refractivity contribution in [3.63, 3.8) is 0 Å². The number of benzene rings is 2. The molecule has 0 saturated heterocycles. The predicted molar refractivity (Wildman–Crippen MR) is 113 cm³/mol. The fraction of sp³-hybridized carbons (Fsp3) is 0.261. The number of carbonyl (C=O) groups is 2. The number of para-hydroxylation sites is 1. The molecule has 1 heterocycles. The minimum absolute atomic E-state index is 0.127. The summed E-state index contributed by atoms with van der Waals surface area (Å²) in [5.41, 5.74) is 5.12. The maximum absolute atomic E-state index is 11.9. The van der Waals surface area contributed by atoms with Crippen molar-refractivity contribution in [1.82, 2.24) is 9.78 Å². The highest BCUT2D eigenvalue weighted by molar-refractivity contribution is 5.89. The van der Waals surface area contributed by atoms with Gasteiger partial charge in [0.05, 0.1) is 16.9 Å². The Labute approximate surface area is 170 Å². The normalized spacial score (nSPS) is 10.6. The third-order valence-corrected chi connectivity index (χ3v) is 4.48. The molecular formula is C23H25N3O3. The molecule has 0 bridgehead atoms. The lowest BCUT2D eigenvalue weighted by Crippen LogP contribution is -2.09. The van der Waals surface area contributed by atoms with E-state index in [-0.39, 0.29) is 5.91 Å². The van der Waals surface area contributed by atoms with Crippen molar-refractivity contribution >= 4 is 17.6 Å². The van der Waals surface area contributed by atoms with E-state index in [4.69, 9.17) is 9.84 Å². The molecule has 0 aliphatic carbocycles. The largest absolute Gasteiger partial charge is 0.407 e. The number of aryl methyl sites for hydroxylation is 2. The Kier molecular flexibility index (Phi) is 6.12. The molecule has 0 atom stereocenters. The van der Waals surface area contributed by atoms with Crippen molar-refractivity contribution in [2.45, 2.75) is 40.5 Å². The number of aromatic nitrogens is 2. The van der Waals surface area contributed by atoms with Crippen molar-refractivity contribution in [2.75, 3.05) is 5.32 Å². The lowest BCUT2D eigenvalue weighted by atomic mass is 10.0. The van der Waals surface area contributed by atoms with E-state index in [0.717, 1.165) is 40.9 Å². The number of carbonyl (C=O) groups excluding carboxylic acids is 2. The van der Waals surface area contributed by atoms with Gasteiger partial charge in [0.2, 0.25) is 11.8 Å². The van der Waals surface area contributed by atoms with Crippen LogP contribution in [0.3, 0.4) is 0 Å². The van der Waals surface area contributed by atoms with Gasteiger partial charge in [-0.15, -0.1) is 0 Å². The zero-order valence-corrected chi connectivity index (χ0v) is 17.2. The molecule has 0 unspecified atom stereocenters. The van der Waals surface area contributed by atoms with E-state index in [9.17, 15) is 9.59 Å². The average Bonchev–Trinajstić information content (AvgIpc) is 3.00. The molecule has 3 rings (SSSR count). The molecule has 6 heteroatoms. The van der Waals surface area contributed by atoms with E-state index in [1.54, 1.807) is 4.68 Å². The number of esters is 1. The molecule has 0 spiro atoms. The van der Waals surface area contributed by atoms with Crippen molar-refractivity contribution < 1.29 is 14.3 Å². The first-order valence-electron chi connectivity index (χ1n) is 9.65. The molecule has 1 aromatic heterocycles. The molecule has 3 aromatic rings. The summed E-state index contributed by atoms with van der Waals surface area (Å²) in [4.78, 5) is 23.2. The van der Waals surface area contributed by atoms with Gasteiger partial charge in [0.15, 0.2) is 0 Å². The maximum atomic E-state index is 11.9. The molecule has 0 aliphatic heterocycles. The van der Waals surface area contributed by atoms with E-state index in [1.807, 2.05) is 55.5 Å². The van der Waals surface area contributed by atoms with Gasteiger partial charge < -0.3 is 10.1 Å². The summed E-state index contributed by atoms with van der Waals surface area (Å²) in [5.74, 6) is -0.126. The Balaban J connectivity index is 2.19. The van der Waals surface area contributed by atoms with E-state index in [1.165, 1.54) is 13.8 Å². The van der Waals surface area contributed by atoms with Gasteiger partial charge in [-0.05, 0) is 42.7 Å². The van der Waals surface area contributed by atoms with E-state index in [2.05, 4.69) is 12.2 Å². The molecule has 6 nitrogen and oxygen atoms in total. The average molecular weight is 391 g/mol. The molecule has 0 saturated carbocycles. The SMILES string of the molecule is CCCc1nn(-c2ccccc2C)c(OC(C)=O)c1-c1ccc(NC(C)=O)cc1. The number of nitrogens with zero attached hydrogens (tertiary/aromatic N) is 2. The zero-order valence-electron chi connectivity index (χ0n) is 17.2. The van der Waals surface area contributed by atoms with Crippen LogP contribution in [0.4, 0.5) is 5.69 Å². The second-order valence-electron chi connectivity index (χ2n) is 6.93. The summed E-state index contributed by atoms with van der Waals surface area (Å²) >= 11 is 0. The third kappa shape index (κ3) is 4.54. The Morgan fingerprint density at radius 1 is 1.07 bits per heavy atom. The van der Waals surface area contributed by atoms with Crippen LogP contribution in [0.5, 0.6) is 5.88 Å².